The average Bonchev–Trinajstić information content (AvgIpc) is 2.69. The van der Waals surface area contributed by atoms with Crippen LogP contribution < -0.4 is 0 Å². The summed E-state index contributed by atoms with van der Waals surface area (Å²) in [6.07, 6.45) is 7.25. The van der Waals surface area contributed by atoms with E-state index in [1.807, 2.05) is 25.7 Å². The normalized spacial score (nSPS) is 32.0. The van der Waals surface area contributed by atoms with E-state index in [1.165, 1.54) is 0 Å². The molecular formula is C13H22O4S3. The molecule has 0 amide bonds. The summed E-state index contributed by atoms with van der Waals surface area (Å²) < 4.78 is -0.429. The maximum atomic E-state index is 11.2. The lowest BCUT2D eigenvalue weighted by Gasteiger charge is -2.42. The molecule has 2 N–H and O–H groups in total. The molecule has 1 fully saturated rings. The Labute approximate surface area is 132 Å². The fourth-order valence-electron chi connectivity index (χ4n) is 3.25. The molecule has 1 aliphatic rings. The summed E-state index contributed by atoms with van der Waals surface area (Å²) in [7, 11) is 0. The maximum Gasteiger partial charge on any atom is 0.314 e. The first kappa shape index (κ1) is 18.2. The predicted octanol–water partition coefficient (Wildman–Crippen LogP) is 2.41. The Morgan fingerprint density at radius 1 is 1.30 bits per heavy atom. The molecule has 20 heavy (non-hydrogen) atoms. The van der Waals surface area contributed by atoms with Gasteiger partial charge in [-0.15, -0.1) is 35.3 Å². The fourth-order valence-corrected chi connectivity index (χ4v) is 6.89. The molecule has 0 aromatic rings. The van der Waals surface area contributed by atoms with Crippen molar-refractivity contribution >= 4 is 47.5 Å². The van der Waals surface area contributed by atoms with Crippen molar-refractivity contribution in [2.45, 2.75) is 28.8 Å². The number of rotatable bonds is 7. The Morgan fingerprint density at radius 3 is 2.15 bits per heavy atom. The maximum absolute atomic E-state index is 11.2. The van der Waals surface area contributed by atoms with Crippen LogP contribution in [0.4, 0.5) is 0 Å². The van der Waals surface area contributed by atoms with Gasteiger partial charge in [0.1, 0.15) is 15.6 Å². The van der Waals surface area contributed by atoms with E-state index >= 15 is 0 Å². The Kier molecular flexibility index (Phi) is 6.32. The number of hydrogen-bond donors (Lipinski definition) is 2. The average molecular weight is 339 g/mol. The van der Waals surface area contributed by atoms with Gasteiger partial charge in [0.25, 0.3) is 0 Å². The number of carbonyl (C=O) groups is 2. The first-order valence-electron chi connectivity index (χ1n) is 6.36. The molecule has 1 rings (SSSR count). The zero-order chi connectivity index (χ0) is 15.6. The van der Waals surface area contributed by atoms with Crippen molar-refractivity contribution in [2.24, 2.45) is 17.8 Å². The molecule has 0 bridgehead atoms. The highest BCUT2D eigenvalue weighted by Crippen LogP contribution is 2.59. The van der Waals surface area contributed by atoms with Crippen molar-refractivity contribution < 1.29 is 19.8 Å². The summed E-state index contributed by atoms with van der Waals surface area (Å²) in [4.78, 5) is 22.3. The molecule has 0 heterocycles. The van der Waals surface area contributed by atoms with E-state index in [9.17, 15) is 14.7 Å². The van der Waals surface area contributed by atoms with Crippen LogP contribution in [0.1, 0.15) is 19.8 Å². The second-order valence-corrected chi connectivity index (χ2v) is 9.09. The summed E-state index contributed by atoms with van der Waals surface area (Å²) in [6, 6.07) is 0. The van der Waals surface area contributed by atoms with Crippen LogP contribution in [0.15, 0.2) is 0 Å². The summed E-state index contributed by atoms with van der Waals surface area (Å²) in [6.45, 7) is 1.92. The van der Waals surface area contributed by atoms with Crippen molar-refractivity contribution in [1.82, 2.24) is 0 Å². The van der Waals surface area contributed by atoms with Gasteiger partial charge in [-0.05, 0) is 43.4 Å². The largest absolute Gasteiger partial charge is 0.481 e. The van der Waals surface area contributed by atoms with E-state index in [0.29, 0.717) is 19.1 Å². The monoisotopic (exact) mass is 338 g/mol. The Hall–Kier alpha value is 0.150. The van der Waals surface area contributed by atoms with Gasteiger partial charge in [0.2, 0.25) is 0 Å². The van der Waals surface area contributed by atoms with E-state index in [1.54, 1.807) is 35.3 Å². The predicted molar refractivity (Wildman–Crippen MR) is 87.3 cm³/mol. The smallest absolute Gasteiger partial charge is 0.314 e. The number of carboxylic acids is 1. The Morgan fingerprint density at radius 2 is 1.80 bits per heavy atom. The number of carboxylic acid groups (broad SMARTS) is 1. The molecule has 7 heteroatoms. The zero-order valence-corrected chi connectivity index (χ0v) is 14.6. The summed E-state index contributed by atoms with van der Waals surface area (Å²) >= 11 is 4.76. The van der Waals surface area contributed by atoms with E-state index < -0.39 is 20.9 Å². The van der Waals surface area contributed by atoms with Crippen LogP contribution in [0.25, 0.3) is 0 Å². The Bertz CT molecular complexity index is 364. The molecule has 1 aliphatic carbocycles. The number of aliphatic carboxylic acids is 1. The SMILES string of the molecule is CSC(SC)(SC)C1(O)CC(C)C(C(C=O)C(=O)O)C1. The number of aliphatic hydroxyl groups is 1. The van der Waals surface area contributed by atoms with E-state index in [-0.39, 0.29) is 11.8 Å². The molecule has 0 aromatic heterocycles. The lowest BCUT2D eigenvalue weighted by molar-refractivity contribution is -0.146. The van der Waals surface area contributed by atoms with Crippen molar-refractivity contribution in [1.29, 1.82) is 0 Å². The molecule has 4 nitrogen and oxygen atoms in total. The fraction of sp³-hybridized carbons (Fsp3) is 0.846. The number of thioether (sulfide) groups is 3. The molecule has 0 spiro atoms. The lowest BCUT2D eigenvalue weighted by Crippen LogP contribution is -2.45. The number of aldehydes is 1. The van der Waals surface area contributed by atoms with E-state index in [2.05, 4.69) is 0 Å². The number of carbonyl (C=O) groups excluding carboxylic acids is 1. The van der Waals surface area contributed by atoms with Gasteiger partial charge in [-0.3, -0.25) is 4.79 Å². The van der Waals surface area contributed by atoms with Gasteiger partial charge in [-0.2, -0.15) is 0 Å². The highest BCUT2D eigenvalue weighted by atomic mass is 32.3. The molecule has 0 radical (unpaired) electrons. The summed E-state index contributed by atoms with van der Waals surface area (Å²) in [5.41, 5.74) is -0.966. The van der Waals surface area contributed by atoms with Crippen molar-refractivity contribution in [3.8, 4) is 0 Å². The molecule has 1 saturated carbocycles. The molecule has 4 atom stereocenters. The van der Waals surface area contributed by atoms with Crippen molar-refractivity contribution in [3.05, 3.63) is 0 Å². The second-order valence-electron chi connectivity index (χ2n) is 5.25. The van der Waals surface area contributed by atoms with Crippen molar-refractivity contribution in [3.63, 3.8) is 0 Å². The van der Waals surface area contributed by atoms with Crippen LogP contribution in [0.3, 0.4) is 0 Å². The van der Waals surface area contributed by atoms with Crippen LogP contribution in [-0.4, -0.2) is 50.2 Å². The van der Waals surface area contributed by atoms with Gasteiger partial charge < -0.3 is 15.0 Å². The minimum Gasteiger partial charge on any atom is -0.481 e. The van der Waals surface area contributed by atoms with Crippen LogP contribution in [0.5, 0.6) is 0 Å². The van der Waals surface area contributed by atoms with Crippen LogP contribution in [0.2, 0.25) is 0 Å². The highest BCUT2D eigenvalue weighted by molar-refractivity contribution is 8.33. The molecule has 0 aliphatic heterocycles. The van der Waals surface area contributed by atoms with Crippen LogP contribution >= 0.6 is 35.3 Å². The zero-order valence-electron chi connectivity index (χ0n) is 12.2. The standard InChI is InChI=1S/C13H22O4S3/c1-8-5-12(17,13(18-2,19-3)20-4)6-9(8)10(7-14)11(15)16/h7-10,17H,5-6H2,1-4H3,(H,15,16). The molecular weight excluding hydrogens is 316 g/mol. The third-order valence-electron chi connectivity index (χ3n) is 4.23. The van der Waals surface area contributed by atoms with Gasteiger partial charge in [-0.25, -0.2) is 0 Å². The molecule has 0 saturated heterocycles. The minimum absolute atomic E-state index is 0.0112. The first-order chi connectivity index (χ1) is 9.30. The number of hydrogen-bond acceptors (Lipinski definition) is 6. The molecule has 0 aromatic carbocycles. The second kappa shape index (κ2) is 6.94. The minimum atomic E-state index is -1.09. The van der Waals surface area contributed by atoms with Gasteiger partial charge in [0.15, 0.2) is 0 Å². The third kappa shape index (κ3) is 3.00. The third-order valence-corrected chi connectivity index (χ3v) is 9.99. The molecule has 116 valence electrons. The van der Waals surface area contributed by atoms with Gasteiger partial charge in [0, 0.05) is 0 Å². The van der Waals surface area contributed by atoms with E-state index in [0.717, 1.165) is 0 Å². The Balaban J connectivity index is 3.07. The molecule has 4 unspecified atom stereocenters. The van der Waals surface area contributed by atoms with Gasteiger partial charge >= 0.3 is 5.97 Å². The lowest BCUT2D eigenvalue weighted by atomic mass is 9.85. The topological polar surface area (TPSA) is 74.6 Å². The van der Waals surface area contributed by atoms with E-state index in [4.69, 9.17) is 5.11 Å². The highest BCUT2D eigenvalue weighted by Gasteiger charge is 2.57. The summed E-state index contributed by atoms with van der Waals surface area (Å²) in [5.74, 6) is -2.41. The van der Waals surface area contributed by atoms with Gasteiger partial charge in [-0.1, -0.05) is 6.92 Å². The quantitative estimate of drug-likeness (QED) is 0.419. The first-order valence-corrected chi connectivity index (χ1v) is 10.0. The van der Waals surface area contributed by atoms with Crippen LogP contribution in [-0.2, 0) is 9.59 Å². The van der Waals surface area contributed by atoms with Gasteiger partial charge in [0.05, 0.1) is 5.60 Å². The van der Waals surface area contributed by atoms with Crippen molar-refractivity contribution in [2.75, 3.05) is 18.8 Å². The van der Waals surface area contributed by atoms with Crippen LogP contribution in [0, 0.1) is 17.8 Å². The summed E-state index contributed by atoms with van der Waals surface area (Å²) in [5, 5.41) is 20.3.